The monoisotopic (exact) mass is 382 g/mol. The van der Waals surface area contributed by atoms with Crippen LogP contribution in [0.1, 0.15) is 27.7 Å². The van der Waals surface area contributed by atoms with Gasteiger partial charge in [0, 0.05) is 31.4 Å². The Kier molecular flexibility index (Phi) is 4.47. The van der Waals surface area contributed by atoms with E-state index < -0.39 is 0 Å². The first kappa shape index (κ1) is 17.7. The van der Waals surface area contributed by atoms with Crippen LogP contribution in [0.15, 0.2) is 35.4 Å². The van der Waals surface area contributed by atoms with Gasteiger partial charge in [-0.05, 0) is 38.5 Å². The second kappa shape index (κ2) is 6.81. The predicted molar refractivity (Wildman–Crippen MR) is 109 cm³/mol. The third-order valence-corrected chi connectivity index (χ3v) is 6.40. The molecule has 1 fully saturated rings. The van der Waals surface area contributed by atoms with Gasteiger partial charge in [0.05, 0.1) is 16.6 Å². The van der Waals surface area contributed by atoms with Gasteiger partial charge >= 0.3 is 0 Å². The van der Waals surface area contributed by atoms with Crippen molar-refractivity contribution in [1.29, 1.82) is 0 Å². The van der Waals surface area contributed by atoms with E-state index in [0.717, 1.165) is 18.7 Å². The molecule has 0 saturated carbocycles. The average molecular weight is 382 g/mol. The molecule has 0 bridgehead atoms. The summed E-state index contributed by atoms with van der Waals surface area (Å²) >= 11 is 1.30. The van der Waals surface area contributed by atoms with Gasteiger partial charge in [-0.2, -0.15) is 0 Å². The molecule has 0 spiro atoms. The Balaban J connectivity index is 1.57. The number of rotatable bonds is 2. The van der Waals surface area contributed by atoms with E-state index in [-0.39, 0.29) is 17.5 Å². The van der Waals surface area contributed by atoms with Gasteiger partial charge in [0.25, 0.3) is 11.5 Å². The molecule has 27 heavy (non-hydrogen) atoms. The highest BCUT2D eigenvalue weighted by Crippen LogP contribution is 2.29. The molecule has 1 aromatic carbocycles. The van der Waals surface area contributed by atoms with E-state index >= 15 is 0 Å². The van der Waals surface area contributed by atoms with Crippen LogP contribution in [0.3, 0.4) is 0 Å². The Bertz CT molecular complexity index is 1050. The molecule has 6 nitrogen and oxygen atoms in total. The lowest BCUT2D eigenvalue weighted by Crippen LogP contribution is -2.54. The van der Waals surface area contributed by atoms with Crippen molar-refractivity contribution >= 4 is 33.1 Å². The fourth-order valence-electron chi connectivity index (χ4n) is 3.66. The van der Waals surface area contributed by atoms with Crippen molar-refractivity contribution in [1.82, 2.24) is 14.9 Å². The van der Waals surface area contributed by atoms with Crippen LogP contribution >= 0.6 is 11.3 Å². The zero-order valence-corrected chi connectivity index (χ0v) is 16.5. The Morgan fingerprint density at radius 1 is 1.22 bits per heavy atom. The summed E-state index contributed by atoms with van der Waals surface area (Å²) in [7, 11) is 0. The van der Waals surface area contributed by atoms with Crippen molar-refractivity contribution in [2.75, 3.05) is 24.5 Å². The molecule has 1 saturated heterocycles. The van der Waals surface area contributed by atoms with Gasteiger partial charge in [-0.1, -0.05) is 17.7 Å². The van der Waals surface area contributed by atoms with E-state index in [1.165, 1.54) is 28.9 Å². The zero-order chi connectivity index (χ0) is 19.1. The largest absolute Gasteiger partial charge is 0.368 e. The standard InChI is InChI=1S/C20H22N4O2S/c1-12-4-6-15(7-5-12)23-8-9-24(13(2)10-23)20(26)17-14(3)16-18(25)21-11-22-19(16)27-17/h4-7,11,13H,8-10H2,1-3H3,(H,21,22,25). The van der Waals surface area contributed by atoms with Crippen molar-refractivity contribution < 1.29 is 4.79 Å². The molecule has 140 valence electrons. The number of amides is 1. The number of carbonyl (C=O) groups is 1. The number of H-pyrrole nitrogens is 1. The average Bonchev–Trinajstić information content (AvgIpc) is 3.00. The van der Waals surface area contributed by atoms with Crippen molar-refractivity contribution in [2.45, 2.75) is 26.8 Å². The molecule has 1 unspecified atom stereocenters. The number of thiophene rings is 1. The summed E-state index contributed by atoms with van der Waals surface area (Å²) in [4.78, 5) is 37.5. The van der Waals surface area contributed by atoms with Crippen molar-refractivity contribution in [3.63, 3.8) is 0 Å². The molecule has 4 rings (SSSR count). The molecule has 1 aliphatic heterocycles. The molecule has 0 aliphatic carbocycles. The van der Waals surface area contributed by atoms with Gasteiger partial charge in [-0.25, -0.2) is 4.98 Å². The normalized spacial score (nSPS) is 17.5. The molecular formula is C20H22N4O2S. The zero-order valence-electron chi connectivity index (χ0n) is 15.7. The minimum atomic E-state index is -0.190. The number of hydrogen-bond acceptors (Lipinski definition) is 5. The molecular weight excluding hydrogens is 360 g/mol. The summed E-state index contributed by atoms with van der Waals surface area (Å²) in [5, 5.41) is 0.525. The van der Waals surface area contributed by atoms with Gasteiger partial charge in [0.2, 0.25) is 0 Å². The summed E-state index contributed by atoms with van der Waals surface area (Å²) in [6, 6.07) is 8.58. The van der Waals surface area contributed by atoms with Crippen LogP contribution in [-0.4, -0.2) is 46.5 Å². The Morgan fingerprint density at radius 3 is 2.63 bits per heavy atom. The maximum absolute atomic E-state index is 13.2. The van der Waals surface area contributed by atoms with Crippen LogP contribution in [0, 0.1) is 13.8 Å². The summed E-state index contributed by atoms with van der Waals surface area (Å²) < 4.78 is 0. The summed E-state index contributed by atoms with van der Waals surface area (Å²) in [6.45, 7) is 8.23. The Labute approximate surface area is 161 Å². The number of piperazine rings is 1. The maximum atomic E-state index is 13.2. The van der Waals surface area contributed by atoms with E-state index in [2.05, 4.69) is 53.0 Å². The van der Waals surface area contributed by atoms with Crippen molar-refractivity contribution in [3.8, 4) is 0 Å². The van der Waals surface area contributed by atoms with Gasteiger partial charge in [0.15, 0.2) is 0 Å². The van der Waals surface area contributed by atoms with Crippen LogP contribution in [-0.2, 0) is 0 Å². The van der Waals surface area contributed by atoms with Gasteiger partial charge in [0.1, 0.15) is 4.83 Å². The molecule has 0 radical (unpaired) electrons. The first-order valence-electron chi connectivity index (χ1n) is 9.05. The van der Waals surface area contributed by atoms with Crippen LogP contribution in [0.25, 0.3) is 10.2 Å². The molecule has 3 aromatic rings. The predicted octanol–water partition coefficient (Wildman–Crippen LogP) is 2.95. The van der Waals surface area contributed by atoms with Crippen molar-refractivity contribution in [2.24, 2.45) is 0 Å². The minimum Gasteiger partial charge on any atom is -0.368 e. The van der Waals surface area contributed by atoms with Crippen LogP contribution in [0.5, 0.6) is 0 Å². The van der Waals surface area contributed by atoms with Gasteiger partial charge in [-0.15, -0.1) is 11.3 Å². The lowest BCUT2D eigenvalue weighted by molar-refractivity contribution is 0.0678. The van der Waals surface area contributed by atoms with E-state index in [9.17, 15) is 9.59 Å². The number of aromatic amines is 1. The van der Waals surface area contributed by atoms with Gasteiger partial charge in [-0.3, -0.25) is 9.59 Å². The first-order chi connectivity index (χ1) is 13.0. The van der Waals surface area contributed by atoms with Crippen molar-refractivity contribution in [3.05, 3.63) is 57.0 Å². The number of hydrogen-bond donors (Lipinski definition) is 1. The number of fused-ring (bicyclic) bond motifs is 1. The van der Waals surface area contributed by atoms with E-state index in [1.807, 2.05) is 11.8 Å². The maximum Gasteiger partial charge on any atom is 0.264 e. The topological polar surface area (TPSA) is 69.3 Å². The van der Waals surface area contributed by atoms with E-state index in [0.29, 0.717) is 21.6 Å². The molecule has 1 aliphatic rings. The second-order valence-electron chi connectivity index (χ2n) is 7.10. The van der Waals surface area contributed by atoms with E-state index in [4.69, 9.17) is 0 Å². The molecule has 1 amide bonds. The summed E-state index contributed by atoms with van der Waals surface area (Å²) in [5.74, 6) is -0.00837. The minimum absolute atomic E-state index is 0.00837. The number of nitrogens with one attached hydrogen (secondary N) is 1. The van der Waals surface area contributed by atoms with Crippen LogP contribution in [0.4, 0.5) is 5.69 Å². The SMILES string of the molecule is Cc1ccc(N2CCN(C(=O)c3sc4nc[nH]c(=O)c4c3C)C(C)C2)cc1. The molecule has 3 heterocycles. The fraction of sp³-hybridized carbons (Fsp3) is 0.350. The number of anilines is 1. The highest BCUT2D eigenvalue weighted by Gasteiger charge is 2.30. The lowest BCUT2D eigenvalue weighted by atomic mass is 10.1. The number of aryl methyl sites for hydroxylation is 2. The number of aromatic nitrogens is 2. The highest BCUT2D eigenvalue weighted by atomic mass is 32.1. The molecule has 1 atom stereocenters. The highest BCUT2D eigenvalue weighted by molar-refractivity contribution is 7.20. The number of nitrogens with zero attached hydrogens (tertiary/aromatic N) is 3. The Hall–Kier alpha value is -2.67. The second-order valence-corrected chi connectivity index (χ2v) is 8.10. The van der Waals surface area contributed by atoms with Gasteiger partial charge < -0.3 is 14.8 Å². The third kappa shape index (κ3) is 3.12. The first-order valence-corrected chi connectivity index (χ1v) is 9.86. The fourth-order valence-corrected chi connectivity index (χ4v) is 4.77. The number of benzene rings is 1. The summed E-state index contributed by atoms with van der Waals surface area (Å²) in [5.41, 5.74) is 2.96. The Morgan fingerprint density at radius 2 is 1.96 bits per heavy atom. The van der Waals surface area contributed by atoms with Crippen LogP contribution < -0.4 is 10.5 Å². The van der Waals surface area contributed by atoms with E-state index in [1.54, 1.807) is 0 Å². The smallest absolute Gasteiger partial charge is 0.264 e. The van der Waals surface area contributed by atoms with Crippen LogP contribution in [0.2, 0.25) is 0 Å². The third-order valence-electron chi connectivity index (χ3n) is 5.21. The lowest BCUT2D eigenvalue weighted by Gasteiger charge is -2.41. The molecule has 2 aromatic heterocycles. The number of carbonyl (C=O) groups excluding carboxylic acids is 1. The quantitative estimate of drug-likeness (QED) is 0.740. The molecule has 1 N–H and O–H groups in total. The molecule has 7 heteroatoms. The summed E-state index contributed by atoms with van der Waals surface area (Å²) in [6.07, 6.45) is 1.39.